The van der Waals surface area contributed by atoms with Crippen molar-refractivity contribution in [1.29, 1.82) is 0 Å². The largest absolute Gasteiger partial charge is 0.352 e. The van der Waals surface area contributed by atoms with Crippen LogP contribution >= 0.6 is 0 Å². The van der Waals surface area contributed by atoms with Gasteiger partial charge in [0.1, 0.15) is 0 Å². The van der Waals surface area contributed by atoms with Crippen molar-refractivity contribution in [3.8, 4) is 0 Å². The van der Waals surface area contributed by atoms with Gasteiger partial charge in [-0.05, 0) is 71.2 Å². The lowest BCUT2D eigenvalue weighted by Gasteiger charge is -2.34. The van der Waals surface area contributed by atoms with Crippen molar-refractivity contribution in [2.45, 2.75) is 46.6 Å². The SMILES string of the molecule is Cc1ccc(C)c(C(=O)NCC2CCN(C(C)C)CC2)c1. The maximum absolute atomic E-state index is 12.3. The van der Waals surface area contributed by atoms with Gasteiger partial charge in [-0.3, -0.25) is 4.79 Å². The summed E-state index contributed by atoms with van der Waals surface area (Å²) in [5.41, 5.74) is 3.00. The molecule has 1 amide bonds. The fourth-order valence-corrected chi connectivity index (χ4v) is 2.99. The predicted octanol–water partition coefficient (Wildman–Crippen LogP) is 3.15. The monoisotopic (exact) mass is 288 g/mol. The average molecular weight is 288 g/mol. The highest BCUT2D eigenvalue weighted by molar-refractivity contribution is 5.95. The molecule has 1 N–H and O–H groups in total. The first-order chi connectivity index (χ1) is 9.97. The molecule has 0 atom stereocenters. The van der Waals surface area contributed by atoms with Gasteiger partial charge in [0.15, 0.2) is 0 Å². The van der Waals surface area contributed by atoms with Crippen LogP contribution in [0.1, 0.15) is 48.2 Å². The lowest BCUT2D eigenvalue weighted by Crippen LogP contribution is -2.41. The molecular weight excluding hydrogens is 260 g/mol. The summed E-state index contributed by atoms with van der Waals surface area (Å²) >= 11 is 0. The number of likely N-dealkylation sites (tertiary alicyclic amines) is 1. The molecule has 0 unspecified atom stereocenters. The summed E-state index contributed by atoms with van der Waals surface area (Å²) in [4.78, 5) is 14.8. The molecule has 0 aliphatic carbocycles. The second kappa shape index (κ2) is 7.08. The number of carbonyl (C=O) groups excluding carboxylic acids is 1. The number of carbonyl (C=O) groups is 1. The van der Waals surface area contributed by atoms with Gasteiger partial charge in [-0.25, -0.2) is 0 Å². The number of nitrogens with one attached hydrogen (secondary N) is 1. The van der Waals surface area contributed by atoms with Gasteiger partial charge in [0.2, 0.25) is 0 Å². The maximum Gasteiger partial charge on any atom is 0.251 e. The molecule has 21 heavy (non-hydrogen) atoms. The minimum atomic E-state index is 0.0717. The molecule has 116 valence electrons. The van der Waals surface area contributed by atoms with E-state index in [-0.39, 0.29) is 5.91 Å². The zero-order valence-corrected chi connectivity index (χ0v) is 13.8. The summed E-state index contributed by atoms with van der Waals surface area (Å²) in [6.45, 7) is 11.6. The third kappa shape index (κ3) is 4.31. The summed E-state index contributed by atoms with van der Waals surface area (Å²) in [5.74, 6) is 0.691. The molecular formula is C18H28N2O. The molecule has 0 spiro atoms. The Balaban J connectivity index is 1.84. The molecule has 0 radical (unpaired) electrons. The molecule has 1 aromatic rings. The van der Waals surface area contributed by atoms with Crippen LogP contribution in [0, 0.1) is 19.8 Å². The van der Waals surface area contributed by atoms with Crippen molar-refractivity contribution in [3.05, 3.63) is 34.9 Å². The molecule has 1 heterocycles. The molecule has 1 fully saturated rings. The molecule has 1 aromatic carbocycles. The molecule has 1 saturated heterocycles. The molecule has 0 aromatic heterocycles. The Hall–Kier alpha value is -1.35. The third-order valence-corrected chi connectivity index (χ3v) is 4.57. The van der Waals surface area contributed by atoms with E-state index >= 15 is 0 Å². The van der Waals surface area contributed by atoms with Crippen LogP contribution in [-0.2, 0) is 0 Å². The Labute approximate surface area is 128 Å². The van der Waals surface area contributed by atoms with Crippen LogP contribution in [-0.4, -0.2) is 36.5 Å². The summed E-state index contributed by atoms with van der Waals surface area (Å²) in [6, 6.07) is 6.68. The second-order valence-electron chi connectivity index (χ2n) is 6.60. The van der Waals surface area contributed by atoms with Crippen molar-refractivity contribution in [3.63, 3.8) is 0 Å². The van der Waals surface area contributed by atoms with Crippen LogP contribution in [0.2, 0.25) is 0 Å². The number of hydrogen-bond acceptors (Lipinski definition) is 2. The third-order valence-electron chi connectivity index (χ3n) is 4.57. The summed E-state index contributed by atoms with van der Waals surface area (Å²) in [6.07, 6.45) is 2.37. The minimum absolute atomic E-state index is 0.0717. The molecule has 0 saturated carbocycles. The maximum atomic E-state index is 12.3. The Morgan fingerprint density at radius 3 is 2.57 bits per heavy atom. The van der Waals surface area contributed by atoms with E-state index < -0.39 is 0 Å². The predicted molar refractivity (Wildman–Crippen MR) is 87.7 cm³/mol. The van der Waals surface area contributed by atoms with Gasteiger partial charge in [0, 0.05) is 18.2 Å². The van der Waals surface area contributed by atoms with Crippen molar-refractivity contribution >= 4 is 5.91 Å². The zero-order valence-electron chi connectivity index (χ0n) is 13.8. The van der Waals surface area contributed by atoms with Gasteiger partial charge >= 0.3 is 0 Å². The van der Waals surface area contributed by atoms with E-state index in [1.54, 1.807) is 0 Å². The van der Waals surface area contributed by atoms with E-state index in [9.17, 15) is 4.79 Å². The molecule has 1 aliphatic heterocycles. The number of benzene rings is 1. The van der Waals surface area contributed by atoms with E-state index in [4.69, 9.17) is 0 Å². The topological polar surface area (TPSA) is 32.3 Å². The van der Waals surface area contributed by atoms with Crippen molar-refractivity contribution in [1.82, 2.24) is 10.2 Å². The quantitative estimate of drug-likeness (QED) is 0.923. The first-order valence-corrected chi connectivity index (χ1v) is 8.07. The zero-order chi connectivity index (χ0) is 15.4. The average Bonchev–Trinajstić information content (AvgIpc) is 2.47. The minimum Gasteiger partial charge on any atom is -0.352 e. The number of aryl methyl sites for hydroxylation is 2. The van der Waals surface area contributed by atoms with Gasteiger partial charge in [-0.2, -0.15) is 0 Å². The molecule has 3 heteroatoms. The van der Waals surface area contributed by atoms with Crippen LogP contribution < -0.4 is 5.32 Å². The summed E-state index contributed by atoms with van der Waals surface area (Å²) in [7, 11) is 0. The number of rotatable bonds is 4. The lowest BCUT2D eigenvalue weighted by atomic mass is 9.95. The standard InChI is InChI=1S/C18H28N2O/c1-13(2)20-9-7-16(8-10-20)12-19-18(21)17-11-14(3)5-6-15(17)4/h5-6,11,13,16H,7-10,12H2,1-4H3,(H,19,21). The Morgan fingerprint density at radius 1 is 1.29 bits per heavy atom. The van der Waals surface area contributed by atoms with E-state index in [1.165, 1.54) is 12.8 Å². The molecule has 1 aliphatic rings. The number of piperidine rings is 1. The van der Waals surface area contributed by atoms with Gasteiger partial charge < -0.3 is 10.2 Å². The van der Waals surface area contributed by atoms with Crippen LogP contribution in [0.15, 0.2) is 18.2 Å². The van der Waals surface area contributed by atoms with Crippen molar-refractivity contribution < 1.29 is 4.79 Å². The second-order valence-corrected chi connectivity index (χ2v) is 6.60. The Kier molecular flexibility index (Phi) is 5.40. The normalized spacial score (nSPS) is 17.2. The van der Waals surface area contributed by atoms with Crippen LogP contribution in [0.25, 0.3) is 0 Å². The first kappa shape index (κ1) is 16.0. The van der Waals surface area contributed by atoms with Crippen molar-refractivity contribution in [2.75, 3.05) is 19.6 Å². The first-order valence-electron chi connectivity index (χ1n) is 8.07. The highest BCUT2D eigenvalue weighted by atomic mass is 16.1. The number of hydrogen-bond donors (Lipinski definition) is 1. The highest BCUT2D eigenvalue weighted by Crippen LogP contribution is 2.18. The highest BCUT2D eigenvalue weighted by Gasteiger charge is 2.21. The number of nitrogens with zero attached hydrogens (tertiary/aromatic N) is 1. The molecule has 0 bridgehead atoms. The molecule has 2 rings (SSSR count). The van der Waals surface area contributed by atoms with E-state index in [1.807, 2.05) is 32.0 Å². The van der Waals surface area contributed by atoms with Gasteiger partial charge in [0.05, 0.1) is 0 Å². The number of amides is 1. The van der Waals surface area contributed by atoms with E-state index in [0.717, 1.165) is 36.3 Å². The van der Waals surface area contributed by atoms with E-state index in [2.05, 4.69) is 24.1 Å². The van der Waals surface area contributed by atoms with Crippen LogP contribution in [0.5, 0.6) is 0 Å². The van der Waals surface area contributed by atoms with Gasteiger partial charge in [-0.15, -0.1) is 0 Å². The lowest BCUT2D eigenvalue weighted by molar-refractivity contribution is 0.0929. The Bertz CT molecular complexity index is 488. The molecule has 3 nitrogen and oxygen atoms in total. The van der Waals surface area contributed by atoms with Gasteiger partial charge in [-0.1, -0.05) is 17.7 Å². The van der Waals surface area contributed by atoms with E-state index in [0.29, 0.717) is 12.0 Å². The van der Waals surface area contributed by atoms with Gasteiger partial charge in [0.25, 0.3) is 5.91 Å². The fourth-order valence-electron chi connectivity index (χ4n) is 2.99. The summed E-state index contributed by atoms with van der Waals surface area (Å²) < 4.78 is 0. The smallest absolute Gasteiger partial charge is 0.251 e. The Morgan fingerprint density at radius 2 is 1.95 bits per heavy atom. The van der Waals surface area contributed by atoms with Crippen LogP contribution in [0.4, 0.5) is 0 Å². The fraction of sp³-hybridized carbons (Fsp3) is 0.611. The summed E-state index contributed by atoms with van der Waals surface area (Å²) in [5, 5.41) is 3.12. The van der Waals surface area contributed by atoms with Crippen molar-refractivity contribution in [2.24, 2.45) is 5.92 Å². The van der Waals surface area contributed by atoms with Crippen LogP contribution in [0.3, 0.4) is 0 Å².